The van der Waals surface area contributed by atoms with E-state index in [1.165, 1.54) is 60.7 Å². The second kappa shape index (κ2) is 24.7. The summed E-state index contributed by atoms with van der Waals surface area (Å²) in [6, 6.07) is 46.8. The molecule has 2 aliphatic heterocycles. The zero-order valence-electron chi connectivity index (χ0n) is 39.2. The number of ether oxygens (including phenoxy) is 9. The van der Waals surface area contributed by atoms with Crippen molar-refractivity contribution in [2.75, 3.05) is 13.2 Å². The first-order chi connectivity index (χ1) is 35.6. The number of nitrogens with two attached hydrogens (primary N) is 1. The lowest BCUT2D eigenvalue weighted by Crippen LogP contribution is -2.68. The minimum atomic E-state index is -1.89. The molecule has 0 spiro atoms. The molecule has 2 saturated heterocycles. The van der Waals surface area contributed by atoms with Gasteiger partial charge in [-0.15, -0.1) is 6.58 Å². The summed E-state index contributed by atoms with van der Waals surface area (Å²) >= 11 is 0. The van der Waals surface area contributed by atoms with Gasteiger partial charge in [-0.25, -0.2) is 28.8 Å². The molecule has 2 heterocycles. The van der Waals surface area contributed by atoms with E-state index >= 15 is 0 Å². The van der Waals surface area contributed by atoms with Crippen LogP contribution >= 0.6 is 0 Å². The Bertz CT molecular complexity index is 2800. The summed E-state index contributed by atoms with van der Waals surface area (Å²) in [4.78, 5) is 83.9. The van der Waals surface area contributed by atoms with Gasteiger partial charge in [-0.1, -0.05) is 115 Å². The third-order valence-electron chi connectivity index (χ3n) is 11.9. The van der Waals surface area contributed by atoms with Crippen molar-refractivity contribution in [1.29, 1.82) is 0 Å². The summed E-state index contributed by atoms with van der Waals surface area (Å²) in [7, 11) is 0. The molecule has 16 nitrogen and oxygen atoms in total. The molecule has 2 fully saturated rings. The van der Waals surface area contributed by atoms with Gasteiger partial charge in [0.2, 0.25) is 0 Å². The fourth-order valence-electron chi connectivity index (χ4n) is 8.23. The molecule has 8 rings (SSSR count). The van der Waals surface area contributed by atoms with Crippen molar-refractivity contribution in [3.05, 3.63) is 228 Å². The van der Waals surface area contributed by atoms with Crippen LogP contribution in [-0.2, 0) is 42.6 Å². The molecule has 374 valence electrons. The van der Waals surface area contributed by atoms with Gasteiger partial charge in [0.15, 0.2) is 24.6 Å². The van der Waals surface area contributed by atoms with Crippen LogP contribution in [0.15, 0.2) is 195 Å². The van der Waals surface area contributed by atoms with E-state index in [-0.39, 0.29) is 39.8 Å². The molecule has 0 saturated carbocycles. The SMILES string of the molecule is C=CC[C@H]1O[C@H](COC(=O)c2ccccc2)[C@@H](O[C@@H]2O[C@H](COC(=O)c3ccccc3)[C@H](OC(=O)c3ccccc3)[C@H](OC(=O)c3ccccc3)[C@H]2OC(=O)c2ccccc2)[C@H](OC(=O)c2ccccc2)[C@H]1N. The summed E-state index contributed by atoms with van der Waals surface area (Å²) < 4.78 is 56.7. The Morgan fingerprint density at radius 2 is 0.712 bits per heavy atom. The highest BCUT2D eigenvalue weighted by atomic mass is 16.8. The molecule has 0 bridgehead atoms. The summed E-state index contributed by atoms with van der Waals surface area (Å²) in [6.07, 6.45) is -12.3. The van der Waals surface area contributed by atoms with Crippen molar-refractivity contribution >= 4 is 35.8 Å². The lowest BCUT2D eigenvalue weighted by atomic mass is 9.91. The predicted octanol–water partition coefficient (Wildman–Crippen LogP) is 7.38. The molecule has 0 amide bonds. The zero-order valence-corrected chi connectivity index (χ0v) is 39.2. The maximum atomic E-state index is 14.3. The van der Waals surface area contributed by atoms with Gasteiger partial charge in [-0.05, 0) is 79.2 Å². The smallest absolute Gasteiger partial charge is 0.338 e. The van der Waals surface area contributed by atoms with Crippen LogP contribution in [0.5, 0.6) is 0 Å². The van der Waals surface area contributed by atoms with Gasteiger partial charge < -0.3 is 48.4 Å². The average molecular weight is 990 g/mol. The quantitative estimate of drug-likeness (QED) is 0.0505. The molecular formula is C57H51NO15. The number of carbonyl (C=O) groups excluding carboxylic acids is 6. The highest BCUT2D eigenvalue weighted by Crippen LogP contribution is 2.36. The van der Waals surface area contributed by atoms with Crippen LogP contribution < -0.4 is 5.73 Å². The molecule has 2 N–H and O–H groups in total. The average Bonchev–Trinajstić information content (AvgIpc) is 3.44. The Kier molecular flexibility index (Phi) is 17.3. The molecule has 6 aromatic rings. The largest absolute Gasteiger partial charge is 0.459 e. The second-order valence-electron chi connectivity index (χ2n) is 16.8. The lowest BCUT2D eigenvalue weighted by molar-refractivity contribution is -0.332. The maximum absolute atomic E-state index is 14.3. The normalized spacial score (nSPS) is 23.4. The standard InChI is InChI=1S/C57H51NO15/c1-2-21-42-45(58)48(70-54(62)39-28-15-6-16-29-39)46(43(67-42)34-65-51(59)36-22-9-3-10-23-36)73-57-50(72-56(64)41-32-19-8-20-33-41)49(71-55(63)40-30-17-7-18-31-40)47(69-53(61)38-26-13-5-14-27-38)44(68-57)35-66-52(60)37-24-11-4-12-25-37/h2-20,22-33,42-50,57H,1,21,34-35,58H2/t42-,43-,44-,45+,46-,47+,48-,49+,50-,57+/m1/s1. The van der Waals surface area contributed by atoms with Gasteiger partial charge >= 0.3 is 35.8 Å². The third-order valence-corrected chi connectivity index (χ3v) is 11.9. The number of rotatable bonds is 18. The first kappa shape index (κ1) is 51.1. The minimum Gasteiger partial charge on any atom is -0.459 e. The van der Waals surface area contributed by atoms with Crippen LogP contribution in [0.25, 0.3) is 0 Å². The van der Waals surface area contributed by atoms with E-state index in [1.54, 1.807) is 127 Å². The third kappa shape index (κ3) is 13.0. The molecule has 2 aliphatic rings. The van der Waals surface area contributed by atoms with E-state index < -0.39 is 110 Å². The van der Waals surface area contributed by atoms with Gasteiger partial charge in [-0.2, -0.15) is 0 Å². The summed E-state index contributed by atoms with van der Waals surface area (Å²) in [5.41, 5.74) is 7.70. The van der Waals surface area contributed by atoms with E-state index in [4.69, 9.17) is 48.4 Å². The second-order valence-corrected chi connectivity index (χ2v) is 16.8. The Hall–Kier alpha value is -8.28. The van der Waals surface area contributed by atoms with Gasteiger partial charge in [-0.3, -0.25) is 0 Å². The van der Waals surface area contributed by atoms with Crippen LogP contribution in [0.3, 0.4) is 0 Å². The zero-order chi connectivity index (χ0) is 51.1. The molecular weight excluding hydrogens is 939 g/mol. The number of hydrogen-bond donors (Lipinski definition) is 1. The van der Waals surface area contributed by atoms with E-state index in [1.807, 2.05) is 0 Å². The van der Waals surface area contributed by atoms with Gasteiger partial charge in [0.1, 0.15) is 37.6 Å². The van der Waals surface area contributed by atoms with E-state index in [2.05, 4.69) is 6.58 Å². The fraction of sp³-hybridized carbons (Fsp3) is 0.228. The fourth-order valence-corrected chi connectivity index (χ4v) is 8.23. The van der Waals surface area contributed by atoms with Gasteiger partial charge in [0.05, 0.1) is 45.5 Å². The van der Waals surface area contributed by atoms with Crippen molar-refractivity contribution < 1.29 is 71.4 Å². The summed E-state index contributed by atoms with van der Waals surface area (Å²) in [5, 5.41) is 0. The van der Waals surface area contributed by atoms with Crippen LogP contribution in [0.4, 0.5) is 0 Å². The van der Waals surface area contributed by atoms with Gasteiger partial charge in [0, 0.05) is 0 Å². The van der Waals surface area contributed by atoms with Crippen molar-refractivity contribution in [3.63, 3.8) is 0 Å². The first-order valence-electron chi connectivity index (χ1n) is 23.4. The number of carbonyl (C=O) groups is 6. The van der Waals surface area contributed by atoms with Crippen molar-refractivity contribution in [2.24, 2.45) is 5.73 Å². The molecule has 0 unspecified atom stereocenters. The summed E-state index contributed by atoms with van der Waals surface area (Å²) in [6.45, 7) is 2.68. The molecule has 0 aliphatic carbocycles. The van der Waals surface area contributed by atoms with Crippen LogP contribution in [0.1, 0.15) is 68.6 Å². The van der Waals surface area contributed by atoms with Crippen LogP contribution in [0, 0.1) is 0 Å². The predicted molar refractivity (Wildman–Crippen MR) is 261 cm³/mol. The monoisotopic (exact) mass is 989 g/mol. The molecule has 0 aromatic heterocycles. The Morgan fingerprint density at radius 3 is 1.08 bits per heavy atom. The van der Waals surface area contributed by atoms with Crippen LogP contribution in [-0.4, -0.2) is 110 Å². The van der Waals surface area contributed by atoms with E-state index in [9.17, 15) is 28.8 Å². The molecule has 10 atom stereocenters. The van der Waals surface area contributed by atoms with E-state index in [0.717, 1.165) is 0 Å². The summed E-state index contributed by atoms with van der Waals surface area (Å²) in [5.74, 6) is -5.12. The first-order valence-corrected chi connectivity index (χ1v) is 23.4. The Morgan fingerprint density at radius 1 is 0.397 bits per heavy atom. The van der Waals surface area contributed by atoms with Crippen molar-refractivity contribution in [2.45, 2.75) is 67.6 Å². The van der Waals surface area contributed by atoms with Crippen molar-refractivity contribution in [1.82, 2.24) is 0 Å². The van der Waals surface area contributed by atoms with E-state index in [0.29, 0.717) is 0 Å². The van der Waals surface area contributed by atoms with Crippen LogP contribution in [0.2, 0.25) is 0 Å². The maximum Gasteiger partial charge on any atom is 0.338 e. The number of benzene rings is 6. The molecule has 0 radical (unpaired) electrons. The van der Waals surface area contributed by atoms with Gasteiger partial charge in [0.25, 0.3) is 0 Å². The highest BCUT2D eigenvalue weighted by molar-refractivity contribution is 5.92. The highest BCUT2D eigenvalue weighted by Gasteiger charge is 2.57. The number of hydrogen-bond acceptors (Lipinski definition) is 16. The van der Waals surface area contributed by atoms with Crippen molar-refractivity contribution in [3.8, 4) is 0 Å². The molecule has 16 heteroatoms. The topological polar surface area (TPSA) is 212 Å². The Balaban J connectivity index is 1.25. The minimum absolute atomic E-state index is 0.0572. The molecule has 6 aromatic carbocycles. The molecule has 73 heavy (non-hydrogen) atoms. The number of esters is 6. The Labute approximate surface area is 420 Å². The lowest BCUT2D eigenvalue weighted by Gasteiger charge is -2.49.